The highest BCUT2D eigenvalue weighted by atomic mass is 32.2. The van der Waals surface area contributed by atoms with Gasteiger partial charge in [-0.3, -0.25) is 4.79 Å². The van der Waals surface area contributed by atoms with Gasteiger partial charge in [0.25, 0.3) is 11.7 Å². The van der Waals surface area contributed by atoms with Crippen molar-refractivity contribution >= 4 is 33.5 Å². The summed E-state index contributed by atoms with van der Waals surface area (Å²) in [6.45, 7) is 4.68. The monoisotopic (exact) mass is 474 g/mol. The second-order valence-electron chi connectivity index (χ2n) is 8.02. The van der Waals surface area contributed by atoms with E-state index in [2.05, 4.69) is 20.4 Å². The van der Waals surface area contributed by atoms with Gasteiger partial charge in [0.15, 0.2) is 0 Å². The molecule has 1 fully saturated rings. The molecular weight excluding hydrogens is 448 g/mol. The summed E-state index contributed by atoms with van der Waals surface area (Å²) >= 11 is 1.44. The number of hydrogen-bond donors (Lipinski definition) is 1. The predicted molar refractivity (Wildman–Crippen MR) is 123 cm³/mol. The molecule has 1 amide bonds. The van der Waals surface area contributed by atoms with E-state index in [1.54, 1.807) is 10.6 Å². The van der Waals surface area contributed by atoms with Crippen LogP contribution in [0.5, 0.6) is 0 Å². The Bertz CT molecular complexity index is 1260. The first-order valence-corrected chi connectivity index (χ1v) is 13.2. The molecule has 1 aliphatic rings. The number of benzene rings is 1. The molecule has 1 saturated heterocycles. The highest BCUT2D eigenvalue weighted by Crippen LogP contribution is 2.23. The maximum absolute atomic E-state index is 13.0. The van der Waals surface area contributed by atoms with E-state index in [0.29, 0.717) is 35.3 Å². The molecule has 1 aliphatic heterocycles. The van der Waals surface area contributed by atoms with Gasteiger partial charge in [0, 0.05) is 41.8 Å². The molecule has 3 aromatic rings. The fraction of sp³-hybridized carbons (Fsp3) is 0.429. The lowest BCUT2D eigenvalue weighted by molar-refractivity contribution is 0.0920. The van der Waals surface area contributed by atoms with Crippen LogP contribution in [0.2, 0.25) is 0 Å². The van der Waals surface area contributed by atoms with Crippen LogP contribution < -0.4 is 5.32 Å². The Labute approximate surface area is 191 Å². The number of amides is 1. The molecule has 0 radical (unpaired) electrons. The van der Waals surface area contributed by atoms with Gasteiger partial charge >= 0.3 is 0 Å². The highest BCUT2D eigenvalue weighted by molar-refractivity contribution is 7.98. The van der Waals surface area contributed by atoms with Crippen molar-refractivity contribution in [2.45, 2.75) is 43.6 Å². The molecule has 3 heterocycles. The first kappa shape index (κ1) is 22.7. The summed E-state index contributed by atoms with van der Waals surface area (Å²) < 4.78 is 26.9. The van der Waals surface area contributed by atoms with E-state index in [1.165, 1.54) is 22.3 Å². The van der Waals surface area contributed by atoms with Crippen molar-refractivity contribution in [1.82, 2.24) is 29.2 Å². The van der Waals surface area contributed by atoms with Crippen LogP contribution in [-0.4, -0.2) is 63.6 Å². The van der Waals surface area contributed by atoms with Crippen LogP contribution in [-0.2, 0) is 15.8 Å². The summed E-state index contributed by atoms with van der Waals surface area (Å²) in [6, 6.07) is 9.16. The van der Waals surface area contributed by atoms with Crippen LogP contribution in [0, 0.1) is 13.8 Å². The third-order valence-corrected chi connectivity index (χ3v) is 7.56. The molecule has 2 aromatic heterocycles. The number of fused-ring (bicyclic) bond motifs is 1. The van der Waals surface area contributed by atoms with Crippen molar-refractivity contribution in [3.63, 3.8) is 0 Å². The third kappa shape index (κ3) is 5.11. The smallest absolute Gasteiger partial charge is 0.253 e. The highest BCUT2D eigenvalue weighted by Gasteiger charge is 2.27. The molecule has 1 N–H and O–H groups in total. The Morgan fingerprint density at radius 2 is 2.03 bits per heavy atom. The summed E-state index contributed by atoms with van der Waals surface area (Å²) in [6.07, 6.45) is 2.68. The van der Waals surface area contributed by atoms with E-state index in [4.69, 9.17) is 0 Å². The average molecular weight is 475 g/mol. The van der Waals surface area contributed by atoms with Gasteiger partial charge in [-0.05, 0) is 44.4 Å². The van der Waals surface area contributed by atoms with Crippen LogP contribution in [0.1, 0.15) is 40.2 Å². The fourth-order valence-corrected chi connectivity index (χ4v) is 5.58. The van der Waals surface area contributed by atoms with Crippen molar-refractivity contribution in [1.29, 1.82) is 0 Å². The van der Waals surface area contributed by atoms with E-state index >= 15 is 0 Å². The van der Waals surface area contributed by atoms with E-state index in [0.717, 1.165) is 29.8 Å². The molecule has 4 rings (SSSR count). The molecule has 32 heavy (non-hydrogen) atoms. The number of rotatable bonds is 6. The Morgan fingerprint density at radius 1 is 1.25 bits per heavy atom. The minimum absolute atomic E-state index is 0.197. The Morgan fingerprint density at radius 3 is 2.81 bits per heavy atom. The summed E-state index contributed by atoms with van der Waals surface area (Å²) in [5, 5.41) is 8.12. The minimum atomic E-state index is -3.27. The number of thioether (sulfide) groups is 1. The van der Waals surface area contributed by atoms with Crippen LogP contribution in [0.25, 0.3) is 5.78 Å². The van der Waals surface area contributed by atoms with Gasteiger partial charge in [-0.1, -0.05) is 30.0 Å². The topological polar surface area (TPSA) is 110 Å². The van der Waals surface area contributed by atoms with Gasteiger partial charge in [-0.25, -0.2) is 22.2 Å². The lowest BCUT2D eigenvalue weighted by Crippen LogP contribution is -2.49. The van der Waals surface area contributed by atoms with Gasteiger partial charge in [-0.15, -0.1) is 5.10 Å². The maximum atomic E-state index is 13.0. The number of piperidine rings is 1. The molecule has 170 valence electrons. The van der Waals surface area contributed by atoms with Crippen molar-refractivity contribution < 1.29 is 13.2 Å². The number of sulfonamides is 1. The lowest BCUT2D eigenvalue weighted by atomic mass is 10.0. The molecule has 0 spiro atoms. The van der Waals surface area contributed by atoms with Gasteiger partial charge in [0.05, 0.1) is 6.26 Å². The Kier molecular flexibility index (Phi) is 6.50. The van der Waals surface area contributed by atoms with E-state index in [9.17, 15) is 13.2 Å². The molecule has 11 heteroatoms. The molecule has 1 aromatic carbocycles. The van der Waals surface area contributed by atoms with Gasteiger partial charge in [0.2, 0.25) is 15.2 Å². The maximum Gasteiger partial charge on any atom is 0.253 e. The van der Waals surface area contributed by atoms with Crippen LogP contribution in [0.4, 0.5) is 0 Å². The van der Waals surface area contributed by atoms with Crippen molar-refractivity contribution in [2.24, 2.45) is 0 Å². The zero-order valence-corrected chi connectivity index (χ0v) is 19.9. The SMILES string of the molecule is Cc1cc(C)n2nc(SCc3ccccc3C(=O)NC3CCCN(S(C)(=O)=O)C3)nc2n1. The van der Waals surface area contributed by atoms with Crippen LogP contribution >= 0.6 is 11.8 Å². The molecule has 9 nitrogen and oxygen atoms in total. The predicted octanol–water partition coefficient (Wildman–Crippen LogP) is 2.19. The molecular formula is C21H26N6O3S2. The number of hydrogen-bond acceptors (Lipinski definition) is 7. The number of aromatic nitrogens is 4. The second kappa shape index (κ2) is 9.16. The lowest BCUT2D eigenvalue weighted by Gasteiger charge is -2.31. The Hall–Kier alpha value is -2.50. The zero-order chi connectivity index (χ0) is 22.9. The summed E-state index contributed by atoms with van der Waals surface area (Å²) in [5.74, 6) is 0.889. The standard InChI is InChI=1S/C21H26N6O3S2/c1-14-11-15(2)27-20(22-14)24-21(25-27)31-13-16-7-4-5-9-18(16)19(28)23-17-8-6-10-26(12-17)32(3,29)30/h4-5,7,9,11,17H,6,8,10,12-13H2,1-3H3,(H,23,28). The summed E-state index contributed by atoms with van der Waals surface area (Å²) in [4.78, 5) is 21.9. The second-order valence-corrected chi connectivity index (χ2v) is 10.9. The first-order chi connectivity index (χ1) is 15.2. The molecule has 1 unspecified atom stereocenters. The normalized spacial score (nSPS) is 17.5. The van der Waals surface area contributed by atoms with Crippen molar-refractivity contribution in [3.8, 4) is 0 Å². The number of carbonyl (C=O) groups is 1. The largest absolute Gasteiger partial charge is 0.348 e. The first-order valence-electron chi connectivity index (χ1n) is 10.4. The number of nitrogens with zero attached hydrogens (tertiary/aromatic N) is 5. The number of carbonyl (C=O) groups excluding carboxylic acids is 1. The molecule has 0 bridgehead atoms. The van der Waals surface area contributed by atoms with Crippen molar-refractivity contribution in [2.75, 3.05) is 19.3 Å². The van der Waals surface area contributed by atoms with Gasteiger partial charge < -0.3 is 5.32 Å². The van der Waals surface area contributed by atoms with Gasteiger partial charge in [-0.2, -0.15) is 4.98 Å². The molecule has 0 saturated carbocycles. The number of nitrogens with one attached hydrogen (secondary N) is 1. The van der Waals surface area contributed by atoms with E-state index in [1.807, 2.05) is 38.1 Å². The Balaban J connectivity index is 1.46. The third-order valence-electron chi connectivity index (χ3n) is 5.41. The summed E-state index contributed by atoms with van der Waals surface area (Å²) in [7, 11) is -3.27. The molecule has 1 atom stereocenters. The summed E-state index contributed by atoms with van der Waals surface area (Å²) in [5.41, 5.74) is 3.29. The quantitative estimate of drug-likeness (QED) is 0.545. The number of aryl methyl sites for hydroxylation is 2. The fourth-order valence-electron chi connectivity index (χ4n) is 3.84. The zero-order valence-electron chi connectivity index (χ0n) is 18.3. The van der Waals surface area contributed by atoms with Crippen LogP contribution in [0.3, 0.4) is 0 Å². The van der Waals surface area contributed by atoms with E-state index in [-0.39, 0.29) is 11.9 Å². The van der Waals surface area contributed by atoms with Crippen LogP contribution in [0.15, 0.2) is 35.5 Å². The minimum Gasteiger partial charge on any atom is -0.348 e. The molecule has 0 aliphatic carbocycles. The average Bonchev–Trinajstić information content (AvgIpc) is 3.15. The van der Waals surface area contributed by atoms with Crippen molar-refractivity contribution in [3.05, 3.63) is 52.8 Å². The van der Waals surface area contributed by atoms with Gasteiger partial charge in [0.1, 0.15) is 0 Å². The van der Waals surface area contributed by atoms with E-state index < -0.39 is 10.0 Å².